The van der Waals surface area contributed by atoms with E-state index in [-0.39, 0.29) is 24.5 Å². The van der Waals surface area contributed by atoms with Crippen LogP contribution in [0.15, 0.2) is 54.7 Å². The van der Waals surface area contributed by atoms with Gasteiger partial charge in [0.05, 0.1) is 17.2 Å². The van der Waals surface area contributed by atoms with Crippen LogP contribution in [0.25, 0.3) is 0 Å². The Morgan fingerprint density at radius 2 is 1.81 bits per heavy atom. The van der Waals surface area contributed by atoms with E-state index in [1.165, 1.54) is 5.56 Å². The van der Waals surface area contributed by atoms with Crippen LogP contribution in [-0.4, -0.2) is 29.0 Å². The first kappa shape index (κ1) is 25.6. The van der Waals surface area contributed by atoms with E-state index in [1.54, 1.807) is 31.2 Å². The second-order valence-corrected chi connectivity index (χ2v) is 9.15. The molecule has 0 radical (unpaired) electrons. The van der Waals surface area contributed by atoms with Crippen LogP contribution in [0.3, 0.4) is 0 Å². The molecule has 3 aromatic rings. The van der Waals surface area contributed by atoms with Crippen LogP contribution in [0.1, 0.15) is 59.5 Å². The Bertz CT molecular complexity index is 1190. The van der Waals surface area contributed by atoms with Gasteiger partial charge in [-0.1, -0.05) is 36.4 Å². The van der Waals surface area contributed by atoms with Crippen molar-refractivity contribution in [2.24, 2.45) is 5.73 Å². The van der Waals surface area contributed by atoms with Crippen molar-refractivity contribution in [3.63, 3.8) is 0 Å². The second kappa shape index (κ2) is 11.1. The number of hydrogen-bond donors (Lipinski definition) is 3. The van der Waals surface area contributed by atoms with Crippen molar-refractivity contribution in [1.29, 1.82) is 0 Å². The van der Waals surface area contributed by atoms with Crippen molar-refractivity contribution < 1.29 is 18.0 Å². The number of carbonyl (C=O) groups is 1. The average molecular weight is 498 g/mol. The Balaban J connectivity index is 1.53. The standard InChI is InChI=1S/C27H30F3N5O/c1-17(25(31)36)22-5-3-2-4-20(22)8-11-24-23(27(28,29)30)16-33-26(35-24)34-21-9-6-18(7-10-21)19-12-14-32-15-13-19/h2-7,9-10,16-17,19,32H,8,11-15H2,1H3,(H2,31,36)(H,33,34,35). The highest BCUT2D eigenvalue weighted by Gasteiger charge is 2.35. The largest absolute Gasteiger partial charge is 0.419 e. The number of primary amides is 1. The molecule has 9 heteroatoms. The second-order valence-electron chi connectivity index (χ2n) is 9.15. The molecule has 0 aliphatic carbocycles. The smallest absolute Gasteiger partial charge is 0.369 e. The van der Waals surface area contributed by atoms with Crippen molar-refractivity contribution in [2.45, 2.75) is 50.6 Å². The number of alkyl halides is 3. The van der Waals surface area contributed by atoms with Crippen LogP contribution in [0.2, 0.25) is 0 Å². The van der Waals surface area contributed by atoms with Crippen LogP contribution >= 0.6 is 0 Å². The van der Waals surface area contributed by atoms with Gasteiger partial charge in [-0.15, -0.1) is 0 Å². The first-order valence-electron chi connectivity index (χ1n) is 12.1. The normalized spacial score (nSPS) is 15.4. The van der Waals surface area contributed by atoms with Crippen LogP contribution in [0.4, 0.5) is 24.8 Å². The number of anilines is 2. The molecule has 190 valence electrons. The number of aryl methyl sites for hydroxylation is 2. The molecule has 1 saturated heterocycles. The number of halogens is 3. The van der Waals surface area contributed by atoms with E-state index in [9.17, 15) is 18.0 Å². The molecule has 0 bridgehead atoms. The minimum Gasteiger partial charge on any atom is -0.369 e. The predicted molar refractivity (Wildman–Crippen MR) is 133 cm³/mol. The van der Waals surface area contributed by atoms with Gasteiger partial charge in [0, 0.05) is 11.9 Å². The van der Waals surface area contributed by atoms with Crippen LogP contribution < -0.4 is 16.4 Å². The molecule has 0 spiro atoms. The number of piperidine rings is 1. The Labute approximate surface area is 208 Å². The molecule has 0 saturated carbocycles. The monoisotopic (exact) mass is 497 g/mol. The fourth-order valence-electron chi connectivity index (χ4n) is 4.62. The predicted octanol–water partition coefficient (Wildman–Crippen LogP) is 5.08. The highest BCUT2D eigenvalue weighted by atomic mass is 19.4. The first-order chi connectivity index (χ1) is 17.2. The number of carbonyl (C=O) groups excluding carboxylic acids is 1. The number of nitrogens with two attached hydrogens (primary N) is 1. The van der Waals surface area contributed by atoms with Gasteiger partial charge in [-0.3, -0.25) is 4.79 Å². The maximum absolute atomic E-state index is 13.7. The summed E-state index contributed by atoms with van der Waals surface area (Å²) in [7, 11) is 0. The number of nitrogens with one attached hydrogen (secondary N) is 2. The van der Waals surface area contributed by atoms with Gasteiger partial charge in [0.2, 0.25) is 11.9 Å². The fraction of sp³-hybridized carbons (Fsp3) is 0.370. The Hall–Kier alpha value is -3.46. The van der Waals surface area contributed by atoms with Crippen molar-refractivity contribution in [2.75, 3.05) is 18.4 Å². The molecule has 2 heterocycles. The number of rotatable bonds is 8. The minimum absolute atomic E-state index is 0.0309. The number of amides is 1. The molecule has 1 unspecified atom stereocenters. The lowest BCUT2D eigenvalue weighted by Gasteiger charge is -2.23. The molecule has 36 heavy (non-hydrogen) atoms. The summed E-state index contributed by atoms with van der Waals surface area (Å²) < 4.78 is 41.1. The summed E-state index contributed by atoms with van der Waals surface area (Å²) in [6.07, 6.45) is -1.28. The average Bonchev–Trinajstić information content (AvgIpc) is 2.87. The maximum atomic E-state index is 13.7. The third-order valence-corrected chi connectivity index (χ3v) is 6.73. The zero-order chi connectivity index (χ0) is 25.7. The van der Waals surface area contributed by atoms with E-state index < -0.39 is 23.6 Å². The van der Waals surface area contributed by atoms with Crippen LogP contribution in [0.5, 0.6) is 0 Å². The van der Waals surface area contributed by atoms with E-state index in [2.05, 4.69) is 20.6 Å². The van der Waals surface area contributed by atoms with Crippen molar-refractivity contribution in [3.8, 4) is 0 Å². The van der Waals surface area contributed by atoms with Gasteiger partial charge < -0.3 is 16.4 Å². The van der Waals surface area contributed by atoms with Crippen LogP contribution in [-0.2, 0) is 23.8 Å². The van der Waals surface area contributed by atoms with Gasteiger partial charge in [-0.05, 0) is 80.4 Å². The lowest BCUT2D eigenvalue weighted by atomic mass is 9.90. The molecule has 1 fully saturated rings. The summed E-state index contributed by atoms with van der Waals surface area (Å²) in [6, 6.07) is 15.0. The molecule has 1 amide bonds. The fourth-order valence-corrected chi connectivity index (χ4v) is 4.62. The maximum Gasteiger partial charge on any atom is 0.419 e. The highest BCUT2D eigenvalue weighted by molar-refractivity contribution is 5.81. The van der Waals surface area contributed by atoms with Gasteiger partial charge in [-0.2, -0.15) is 13.2 Å². The van der Waals surface area contributed by atoms with Gasteiger partial charge in [0.1, 0.15) is 0 Å². The number of aromatic nitrogens is 2. The molecule has 1 aromatic heterocycles. The molecule has 1 aliphatic rings. The topological polar surface area (TPSA) is 92.9 Å². The Morgan fingerprint density at radius 3 is 2.47 bits per heavy atom. The Morgan fingerprint density at radius 1 is 1.11 bits per heavy atom. The van der Waals surface area contributed by atoms with Crippen molar-refractivity contribution >= 4 is 17.5 Å². The summed E-state index contributed by atoms with van der Waals surface area (Å²) in [5.41, 5.74) is 7.91. The molecule has 6 nitrogen and oxygen atoms in total. The molecular weight excluding hydrogens is 467 g/mol. The molecule has 4 rings (SSSR count). The van der Waals surface area contributed by atoms with E-state index in [0.29, 0.717) is 17.2 Å². The summed E-state index contributed by atoms with van der Waals surface area (Å²) in [4.78, 5) is 19.8. The van der Waals surface area contributed by atoms with Gasteiger partial charge in [-0.25, -0.2) is 9.97 Å². The van der Waals surface area contributed by atoms with Crippen molar-refractivity contribution in [3.05, 3.63) is 82.7 Å². The molecule has 1 aliphatic heterocycles. The van der Waals surface area contributed by atoms with Gasteiger partial charge >= 0.3 is 6.18 Å². The van der Waals surface area contributed by atoms with Gasteiger partial charge in [0.25, 0.3) is 0 Å². The lowest BCUT2D eigenvalue weighted by Crippen LogP contribution is -2.26. The van der Waals surface area contributed by atoms with Gasteiger partial charge in [0.15, 0.2) is 0 Å². The zero-order valence-corrected chi connectivity index (χ0v) is 20.1. The van der Waals surface area contributed by atoms with E-state index in [4.69, 9.17) is 5.73 Å². The molecule has 2 aromatic carbocycles. The molecular formula is C27H30F3N5O. The third-order valence-electron chi connectivity index (χ3n) is 6.73. The first-order valence-corrected chi connectivity index (χ1v) is 12.1. The molecule has 1 atom stereocenters. The van der Waals surface area contributed by atoms with E-state index >= 15 is 0 Å². The number of benzene rings is 2. The van der Waals surface area contributed by atoms with E-state index in [1.807, 2.05) is 24.3 Å². The highest BCUT2D eigenvalue weighted by Crippen LogP contribution is 2.33. The van der Waals surface area contributed by atoms with Crippen LogP contribution in [0, 0.1) is 0 Å². The third kappa shape index (κ3) is 6.20. The Kier molecular flexibility index (Phi) is 7.88. The summed E-state index contributed by atoms with van der Waals surface area (Å²) >= 11 is 0. The van der Waals surface area contributed by atoms with E-state index in [0.717, 1.165) is 37.7 Å². The summed E-state index contributed by atoms with van der Waals surface area (Å²) in [5, 5.41) is 6.39. The van der Waals surface area contributed by atoms with Crippen molar-refractivity contribution in [1.82, 2.24) is 15.3 Å². The summed E-state index contributed by atoms with van der Waals surface area (Å²) in [5.74, 6) is -0.419. The lowest BCUT2D eigenvalue weighted by molar-refractivity contribution is -0.138. The quantitative estimate of drug-likeness (QED) is 0.404. The zero-order valence-electron chi connectivity index (χ0n) is 20.1. The number of hydrogen-bond acceptors (Lipinski definition) is 5. The summed E-state index contributed by atoms with van der Waals surface area (Å²) in [6.45, 7) is 3.68. The number of nitrogens with zero attached hydrogens (tertiary/aromatic N) is 2. The molecule has 4 N–H and O–H groups in total. The SMILES string of the molecule is CC(C(N)=O)c1ccccc1CCc1nc(Nc2ccc(C3CCNCC3)cc2)ncc1C(F)(F)F. The minimum atomic E-state index is -4.58.